The molecule has 5 amide bonds. The Morgan fingerprint density at radius 2 is 1.34 bits per heavy atom. The Balaban J connectivity index is 0.970. The molecular formula is C86H125N8O25+. The van der Waals surface area contributed by atoms with Gasteiger partial charge in [0.15, 0.2) is 28.2 Å². The largest absolute Gasteiger partial charge is 0.507 e. The third kappa shape index (κ3) is 28.4. The standard InChI is InChI=1S/C86H124N8O25/c1-51(2)72(91-68(98)25-29-107-33-35-109-37-39-111-41-43-113-45-46-114-44-42-112-40-38-110-36-34-108-31-26-87)64(96)47-61(19-16-27-89-85(88)105)84(104)90-62-22-20-60(21-23-62)50-94(12,13)28-32-115-63-48-65(97)73-67(49-63)118-81-74(92-73)69-70-77(100)58(9)80-71(69)82(102)86(11,119-80)116-30-24-66(106-14)57(8)79(117-59(10)95)56(7)54(5)55(6)76(99)52(3)17-15-18-53(4)83(103)93-75(81)78(70)101/h15,17-18,20-24,30,48-49,51-52,54-57,61,66,72,76,79,99H,16,19,25-29,31-47,50,87H2,1-14H3,(H7-,88,89,90,91,92,93,97,98,100,101,102,103,104,105)/p+1/b17-15+,30-24+,53-18-/t52-,54+,55-,56+,57+,61+,66-,72-,76-,79-,86-/m0/s1. The Morgan fingerprint density at radius 1 is 0.748 bits per heavy atom. The van der Waals surface area contributed by atoms with Crippen LogP contribution in [0.25, 0.3) is 38.7 Å². The topological polar surface area (TPSA) is 443 Å². The molecule has 1 aromatic heterocycles. The van der Waals surface area contributed by atoms with Crippen molar-refractivity contribution < 1.29 is 115 Å². The lowest BCUT2D eigenvalue weighted by molar-refractivity contribution is -0.903. The lowest BCUT2D eigenvalue weighted by Gasteiger charge is -2.39. The number of nitrogens with two attached hydrogens (primary N) is 2. The lowest BCUT2D eigenvalue weighted by atomic mass is 9.73. The predicted octanol–water partition coefficient (Wildman–Crippen LogP) is 7.08. The van der Waals surface area contributed by atoms with E-state index in [1.54, 1.807) is 44.2 Å². The molecule has 4 bridgehead atoms. The van der Waals surface area contributed by atoms with Crippen molar-refractivity contribution in [1.29, 1.82) is 0 Å². The van der Waals surface area contributed by atoms with Crippen LogP contribution in [0.4, 0.5) is 16.2 Å². The van der Waals surface area contributed by atoms with Crippen LogP contribution in [0.5, 0.6) is 17.2 Å². The molecular weight excluding hydrogens is 1540 g/mol. The number of methoxy groups -OCH3 is 1. The average molecular weight is 1670 g/mol. The first-order chi connectivity index (χ1) is 56.7. The summed E-state index contributed by atoms with van der Waals surface area (Å²) < 4.78 is 81.5. The fraction of sp³-hybridized carbons (Fsp3) is 0.593. The molecule has 0 saturated heterocycles. The van der Waals surface area contributed by atoms with Crippen molar-refractivity contribution in [3.05, 3.63) is 109 Å². The zero-order valence-corrected chi connectivity index (χ0v) is 71.3. The monoisotopic (exact) mass is 1670 g/mol. The number of amides is 5. The third-order valence-corrected chi connectivity index (χ3v) is 21.3. The number of quaternary nitrogens is 1. The van der Waals surface area contributed by atoms with Gasteiger partial charge in [0.25, 0.3) is 5.91 Å². The maximum Gasteiger partial charge on any atom is 0.312 e. The van der Waals surface area contributed by atoms with Gasteiger partial charge >= 0.3 is 17.8 Å². The van der Waals surface area contributed by atoms with E-state index >= 15 is 4.79 Å². The number of primary amides is 1. The van der Waals surface area contributed by atoms with E-state index in [2.05, 4.69) is 21.3 Å². The van der Waals surface area contributed by atoms with Crippen molar-refractivity contribution in [2.45, 2.75) is 139 Å². The first kappa shape index (κ1) is 96.9. The summed E-state index contributed by atoms with van der Waals surface area (Å²) in [6, 6.07) is 8.22. The van der Waals surface area contributed by atoms with Gasteiger partial charge in [-0.15, -0.1) is 0 Å². The predicted molar refractivity (Wildman–Crippen MR) is 446 cm³/mol. The number of urea groups is 1. The first-order valence-corrected chi connectivity index (χ1v) is 40.7. The van der Waals surface area contributed by atoms with Gasteiger partial charge in [0, 0.05) is 105 Å². The number of ether oxygens (including phenoxy) is 13. The minimum atomic E-state index is -2.03. The summed E-state index contributed by atoms with van der Waals surface area (Å²) in [4.78, 5) is 114. The molecule has 33 nitrogen and oxygen atoms in total. The zero-order chi connectivity index (χ0) is 87.1. The first-order valence-electron chi connectivity index (χ1n) is 40.7. The molecule has 5 aromatic rings. The Kier molecular flexibility index (Phi) is 38.8. The second-order valence-corrected chi connectivity index (χ2v) is 31.3. The SMILES string of the molecule is CO[C@H]1/C=C/O[C@@]2(C)Oc3c(C)c(O)c4c(=O)c(c5oc6cc(OCC[N+](C)(C)Cc7ccc(NC(=O)[C@H](CCCNC(N)=O)CC(=O)[C@@H](NC(=O)CCOCCOCCOCCOCCOCCOCCOCCOCCN)C(C)C)cc7)cc(=O)c6nc5c4c3=C2O)NC(=O)/C(C)=C\C=C\[C@H](C)[C@H](O)[C@@H](C)[C@@H](C)[C@@H](C)[C@H](OC(C)=O)[C@@H]1C. The van der Waals surface area contributed by atoms with Gasteiger partial charge in [-0.25, -0.2) is 9.78 Å². The van der Waals surface area contributed by atoms with Crippen LogP contribution in [0.2, 0.25) is 0 Å². The van der Waals surface area contributed by atoms with Crippen LogP contribution in [0, 0.1) is 48.3 Å². The van der Waals surface area contributed by atoms with Gasteiger partial charge in [-0.05, 0) is 68.6 Å². The summed E-state index contributed by atoms with van der Waals surface area (Å²) in [7, 11) is 5.43. The molecule has 658 valence electrons. The quantitative estimate of drug-likeness (QED) is 0.00618. The maximum atomic E-state index is 15.2. The summed E-state index contributed by atoms with van der Waals surface area (Å²) >= 11 is 0. The number of rotatable bonds is 45. The highest BCUT2D eigenvalue weighted by Crippen LogP contribution is 2.43. The number of benzene rings is 4. The molecule has 11 atom stereocenters. The van der Waals surface area contributed by atoms with E-state index in [1.165, 1.54) is 59.3 Å². The molecule has 2 aliphatic rings. The van der Waals surface area contributed by atoms with Crippen LogP contribution >= 0.6 is 0 Å². The molecule has 0 radical (unpaired) electrons. The highest BCUT2D eigenvalue weighted by atomic mass is 16.7. The molecule has 0 spiro atoms. The van der Waals surface area contributed by atoms with E-state index in [1.807, 2.05) is 60.8 Å². The average Bonchev–Trinajstić information content (AvgIpc) is 1.60. The minimum absolute atomic E-state index is 0.0154. The number of likely N-dealkylation sites (N-methyl/N-ethyl adjacent to an activating group) is 1. The number of carbonyl (C=O) groups excluding carboxylic acids is 6. The van der Waals surface area contributed by atoms with Crippen LogP contribution < -0.4 is 58.3 Å². The van der Waals surface area contributed by atoms with Crippen molar-refractivity contribution in [2.24, 2.45) is 52.9 Å². The number of allylic oxidation sites excluding steroid dienone is 2. The summed E-state index contributed by atoms with van der Waals surface area (Å²) in [5.41, 5.74) is 9.18. The molecule has 11 N–H and O–H groups in total. The molecule has 7 rings (SSSR count). The summed E-state index contributed by atoms with van der Waals surface area (Å²) in [6.45, 7) is 26.7. The number of aromatic hydroxyl groups is 1. The van der Waals surface area contributed by atoms with Crippen LogP contribution in [0.15, 0.2) is 86.5 Å². The van der Waals surface area contributed by atoms with Crippen molar-refractivity contribution in [1.82, 2.24) is 15.6 Å². The van der Waals surface area contributed by atoms with Gasteiger partial charge in [0.1, 0.15) is 54.3 Å². The number of Topliss-reactive ketones (excluding diaryl/α,β-unsaturated/α-hetero) is 1. The van der Waals surface area contributed by atoms with Crippen LogP contribution in [-0.2, 0) is 82.6 Å². The van der Waals surface area contributed by atoms with Crippen LogP contribution in [0.1, 0.15) is 106 Å². The highest BCUT2D eigenvalue weighted by molar-refractivity contribution is 6.17. The summed E-state index contributed by atoms with van der Waals surface area (Å²) in [6.07, 6.45) is 5.68. The number of hydrogen-bond donors (Lipinski definition) is 9. The Labute approximate surface area is 694 Å². The number of nitrogens with one attached hydrogen (secondary N) is 4. The Morgan fingerprint density at radius 3 is 1.90 bits per heavy atom. The van der Waals surface area contributed by atoms with Gasteiger partial charge < -0.3 is 119 Å². The number of phenols is 1. The van der Waals surface area contributed by atoms with Gasteiger partial charge in [-0.2, -0.15) is 0 Å². The fourth-order valence-corrected chi connectivity index (χ4v) is 14.1. The number of aromatic nitrogens is 1. The number of anilines is 2. The number of fused-ring (bicyclic) bond motifs is 2. The van der Waals surface area contributed by atoms with E-state index < -0.39 is 111 Å². The second kappa shape index (κ2) is 47.7. The number of aliphatic hydroxyl groups excluding tert-OH is 2. The molecule has 2 aliphatic heterocycles. The van der Waals surface area contributed by atoms with Crippen molar-refractivity contribution >= 4 is 85.6 Å². The molecule has 0 fully saturated rings. The molecule has 0 aliphatic carbocycles. The van der Waals surface area contributed by atoms with Gasteiger partial charge in [-0.1, -0.05) is 78.8 Å². The number of hydrogen-bond acceptors (Lipinski definition) is 27. The number of esters is 1. The van der Waals surface area contributed by atoms with Crippen LogP contribution in [0.3, 0.4) is 0 Å². The number of nitrogens with zero attached hydrogens (tertiary/aromatic N) is 2. The van der Waals surface area contributed by atoms with E-state index in [-0.39, 0.29) is 137 Å². The molecule has 0 saturated carbocycles. The second-order valence-electron chi connectivity index (χ2n) is 31.3. The fourth-order valence-electron chi connectivity index (χ4n) is 14.1. The highest BCUT2D eigenvalue weighted by Gasteiger charge is 2.45. The molecule has 3 heterocycles. The van der Waals surface area contributed by atoms with Crippen LogP contribution in [-0.4, -0.2) is 244 Å². The normalized spacial score (nSPS) is 21.4. The molecule has 33 heteroatoms. The van der Waals surface area contributed by atoms with Crippen molar-refractivity contribution in [3.8, 4) is 17.2 Å². The minimum Gasteiger partial charge on any atom is -0.507 e. The molecule has 0 unspecified atom stereocenters. The van der Waals surface area contributed by atoms with Crippen molar-refractivity contribution in [2.75, 3.05) is 164 Å². The van der Waals surface area contributed by atoms with E-state index in [9.17, 15) is 48.9 Å². The molecule has 119 heavy (non-hydrogen) atoms. The Hall–Kier alpha value is -9.23. The van der Waals surface area contributed by atoms with E-state index in [0.29, 0.717) is 122 Å². The Bertz CT molecular complexity index is 4480. The van der Waals surface area contributed by atoms with Gasteiger partial charge in [0.2, 0.25) is 22.7 Å². The summed E-state index contributed by atoms with van der Waals surface area (Å²) in [5, 5.41) is 46.5. The van der Waals surface area contributed by atoms with Crippen molar-refractivity contribution in [3.63, 3.8) is 0 Å². The van der Waals surface area contributed by atoms with E-state index in [4.69, 9.17) is 82.4 Å². The number of aliphatic hydroxyl groups is 2. The number of phenolic OH excluding ortho intramolecular Hbond substituents is 1. The zero-order valence-electron chi connectivity index (χ0n) is 71.3. The van der Waals surface area contributed by atoms with Gasteiger partial charge in [-0.3, -0.25) is 33.6 Å². The maximum absolute atomic E-state index is 15.2. The lowest BCUT2D eigenvalue weighted by Crippen LogP contribution is -2.45. The van der Waals surface area contributed by atoms with Gasteiger partial charge in [0.05, 0.1) is 155 Å². The summed E-state index contributed by atoms with van der Waals surface area (Å²) in [5.74, 6) is -8.55. The number of carbonyl (C=O) groups is 6. The smallest absolute Gasteiger partial charge is 0.312 e. The molecule has 4 aromatic carbocycles. The van der Waals surface area contributed by atoms with E-state index in [0.717, 1.165) is 5.56 Å². The number of ketones is 1. The third-order valence-electron chi connectivity index (χ3n) is 21.3.